The van der Waals surface area contributed by atoms with Gasteiger partial charge in [0.2, 0.25) is 11.8 Å². The highest BCUT2D eigenvalue weighted by Gasteiger charge is 2.27. The van der Waals surface area contributed by atoms with Crippen LogP contribution in [-0.4, -0.2) is 59.2 Å². The number of benzene rings is 1. The van der Waals surface area contributed by atoms with Crippen LogP contribution in [0.1, 0.15) is 37.7 Å². The summed E-state index contributed by atoms with van der Waals surface area (Å²) >= 11 is 0. The summed E-state index contributed by atoms with van der Waals surface area (Å²) < 4.78 is 0. The summed E-state index contributed by atoms with van der Waals surface area (Å²) in [6.45, 7) is -0.842. The number of anilines is 1. The maximum atomic E-state index is 12.5. The third-order valence-corrected chi connectivity index (χ3v) is 4.74. The Morgan fingerprint density at radius 1 is 1.25 bits per heavy atom. The predicted octanol–water partition coefficient (Wildman–Crippen LogP) is -0.331. The van der Waals surface area contributed by atoms with E-state index >= 15 is 0 Å². The summed E-state index contributed by atoms with van der Waals surface area (Å²) in [5.74, 6) is -1.03. The van der Waals surface area contributed by atoms with Crippen molar-refractivity contribution in [1.29, 1.82) is 5.41 Å². The highest BCUT2D eigenvalue weighted by atomic mass is 16.3. The van der Waals surface area contributed by atoms with E-state index in [4.69, 9.17) is 11.1 Å². The van der Waals surface area contributed by atoms with Crippen LogP contribution in [0.2, 0.25) is 0 Å². The summed E-state index contributed by atoms with van der Waals surface area (Å²) in [7, 11) is 0. The van der Waals surface area contributed by atoms with Gasteiger partial charge >= 0.3 is 0 Å². The summed E-state index contributed by atoms with van der Waals surface area (Å²) in [5.41, 5.74) is 6.36. The van der Waals surface area contributed by atoms with Crippen molar-refractivity contribution >= 4 is 23.3 Å². The molecule has 0 radical (unpaired) electrons. The number of hydrogen-bond donors (Lipinski definition) is 7. The van der Waals surface area contributed by atoms with Gasteiger partial charge in [0.1, 0.15) is 18.0 Å². The summed E-state index contributed by atoms with van der Waals surface area (Å²) in [5, 5.41) is 35.0. The molecule has 8 N–H and O–H groups in total. The van der Waals surface area contributed by atoms with Gasteiger partial charge in [-0.15, -0.1) is 0 Å². The van der Waals surface area contributed by atoms with E-state index in [2.05, 4.69) is 16.0 Å². The number of nitrogens with one attached hydrogen (secondary N) is 4. The summed E-state index contributed by atoms with van der Waals surface area (Å²) in [4.78, 5) is 24.5. The van der Waals surface area contributed by atoms with E-state index in [1.54, 1.807) is 24.3 Å². The monoisotopic (exact) mass is 391 g/mol. The van der Waals surface area contributed by atoms with Gasteiger partial charge in [-0.1, -0.05) is 31.4 Å². The molecule has 0 bridgehead atoms. The molecule has 0 aromatic heterocycles. The number of aliphatic hydroxyl groups excluding tert-OH is 2. The summed E-state index contributed by atoms with van der Waals surface area (Å²) in [6, 6.07) is 5.46. The Labute approximate surface area is 164 Å². The fourth-order valence-electron chi connectivity index (χ4n) is 3.20. The van der Waals surface area contributed by atoms with E-state index in [0.717, 1.165) is 25.7 Å². The molecule has 2 rings (SSSR count). The van der Waals surface area contributed by atoms with Gasteiger partial charge in [-0.05, 0) is 25.0 Å². The van der Waals surface area contributed by atoms with Gasteiger partial charge in [-0.3, -0.25) is 15.0 Å². The van der Waals surface area contributed by atoms with E-state index in [0.29, 0.717) is 11.3 Å². The topological polar surface area (TPSA) is 161 Å². The molecule has 1 fully saturated rings. The van der Waals surface area contributed by atoms with Crippen molar-refractivity contribution in [3.8, 4) is 0 Å². The zero-order valence-corrected chi connectivity index (χ0v) is 15.8. The second-order valence-corrected chi connectivity index (χ2v) is 6.99. The molecular weight excluding hydrogens is 362 g/mol. The van der Waals surface area contributed by atoms with Crippen LogP contribution in [0, 0.1) is 5.41 Å². The molecule has 0 saturated heterocycles. The zero-order chi connectivity index (χ0) is 20.5. The van der Waals surface area contributed by atoms with Crippen LogP contribution in [0.25, 0.3) is 0 Å². The van der Waals surface area contributed by atoms with Crippen molar-refractivity contribution in [2.24, 2.45) is 5.73 Å². The molecule has 1 aromatic carbocycles. The first-order chi connectivity index (χ1) is 13.4. The van der Waals surface area contributed by atoms with Gasteiger partial charge < -0.3 is 31.9 Å². The number of nitrogen functional groups attached to an aromatic ring is 1. The number of rotatable bonds is 9. The molecule has 0 spiro atoms. The van der Waals surface area contributed by atoms with Gasteiger partial charge in [-0.2, -0.15) is 0 Å². The molecule has 2 atom stereocenters. The van der Waals surface area contributed by atoms with Gasteiger partial charge in [0.05, 0.1) is 13.2 Å². The second kappa shape index (κ2) is 10.6. The third kappa shape index (κ3) is 6.50. The lowest BCUT2D eigenvalue weighted by molar-refractivity contribution is -0.128. The number of amidine groups is 1. The Kier molecular flexibility index (Phi) is 8.21. The lowest BCUT2D eigenvalue weighted by Gasteiger charge is -2.25. The first-order valence-electron chi connectivity index (χ1n) is 9.47. The van der Waals surface area contributed by atoms with Crippen LogP contribution < -0.4 is 21.7 Å². The maximum absolute atomic E-state index is 12.5. The Morgan fingerprint density at radius 2 is 1.96 bits per heavy atom. The Balaban J connectivity index is 1.94. The molecule has 1 aromatic rings. The van der Waals surface area contributed by atoms with Crippen LogP contribution >= 0.6 is 0 Å². The van der Waals surface area contributed by atoms with Crippen molar-refractivity contribution in [3.63, 3.8) is 0 Å². The molecule has 1 aliphatic rings. The predicted molar refractivity (Wildman–Crippen MR) is 106 cm³/mol. The lowest BCUT2D eigenvalue weighted by Crippen LogP contribution is -2.51. The van der Waals surface area contributed by atoms with Crippen LogP contribution in [0.15, 0.2) is 24.3 Å². The van der Waals surface area contributed by atoms with E-state index < -0.39 is 24.7 Å². The van der Waals surface area contributed by atoms with Crippen LogP contribution in [-0.2, 0) is 9.59 Å². The van der Waals surface area contributed by atoms with Crippen molar-refractivity contribution in [3.05, 3.63) is 29.8 Å². The molecule has 154 valence electrons. The van der Waals surface area contributed by atoms with Gasteiger partial charge in [0.25, 0.3) is 0 Å². The van der Waals surface area contributed by atoms with Gasteiger partial charge in [0, 0.05) is 17.3 Å². The number of carbonyl (C=O) groups is 2. The van der Waals surface area contributed by atoms with Crippen molar-refractivity contribution in [2.45, 2.75) is 50.3 Å². The third-order valence-electron chi connectivity index (χ3n) is 4.74. The molecule has 2 unspecified atom stereocenters. The van der Waals surface area contributed by atoms with Crippen LogP contribution in [0.3, 0.4) is 0 Å². The Morgan fingerprint density at radius 3 is 2.61 bits per heavy atom. The Bertz CT molecular complexity index is 691. The van der Waals surface area contributed by atoms with E-state index in [-0.39, 0.29) is 24.3 Å². The molecule has 2 amide bonds. The fourth-order valence-corrected chi connectivity index (χ4v) is 3.20. The number of amides is 2. The highest BCUT2D eigenvalue weighted by Crippen LogP contribution is 2.17. The van der Waals surface area contributed by atoms with Gasteiger partial charge in [-0.25, -0.2) is 0 Å². The first kappa shape index (κ1) is 21.6. The Hall–Kier alpha value is -2.65. The molecular formula is C19H29N5O4. The number of carbonyl (C=O) groups excluding carboxylic acids is 2. The molecule has 1 aliphatic carbocycles. The van der Waals surface area contributed by atoms with E-state index in [1.165, 1.54) is 6.42 Å². The number of hydrogen-bond acceptors (Lipinski definition) is 6. The standard InChI is InChI=1S/C19H29N5O4/c20-18(21)12-5-4-8-14(9-12)24-17(15(26)11-25)19(28)22-10-16(27)23-13-6-2-1-3-7-13/h4-5,8-9,13,15,17,24-26H,1-3,6-7,10-11H2,(H3,20,21)(H,22,28)(H,23,27). The average molecular weight is 391 g/mol. The van der Waals surface area contributed by atoms with Gasteiger partial charge in [0.15, 0.2) is 0 Å². The van der Waals surface area contributed by atoms with Crippen molar-refractivity contribution < 1.29 is 19.8 Å². The maximum Gasteiger partial charge on any atom is 0.245 e. The lowest BCUT2D eigenvalue weighted by atomic mass is 9.95. The molecule has 0 heterocycles. The summed E-state index contributed by atoms with van der Waals surface area (Å²) in [6.07, 6.45) is 3.87. The smallest absolute Gasteiger partial charge is 0.245 e. The molecule has 1 saturated carbocycles. The van der Waals surface area contributed by atoms with Crippen LogP contribution in [0.4, 0.5) is 5.69 Å². The van der Waals surface area contributed by atoms with E-state index in [9.17, 15) is 19.8 Å². The molecule has 0 aliphatic heterocycles. The minimum Gasteiger partial charge on any atom is -0.394 e. The number of nitrogens with two attached hydrogens (primary N) is 1. The first-order valence-corrected chi connectivity index (χ1v) is 9.47. The molecule has 9 heteroatoms. The minimum absolute atomic E-state index is 0.133. The molecule has 9 nitrogen and oxygen atoms in total. The molecule has 28 heavy (non-hydrogen) atoms. The fraction of sp³-hybridized carbons (Fsp3) is 0.526. The number of aliphatic hydroxyl groups is 2. The minimum atomic E-state index is -1.37. The largest absolute Gasteiger partial charge is 0.394 e. The van der Waals surface area contributed by atoms with Crippen molar-refractivity contribution in [1.82, 2.24) is 10.6 Å². The van der Waals surface area contributed by atoms with Crippen LogP contribution in [0.5, 0.6) is 0 Å². The zero-order valence-electron chi connectivity index (χ0n) is 15.8. The quantitative estimate of drug-likeness (QED) is 0.225. The van der Waals surface area contributed by atoms with Crippen molar-refractivity contribution in [2.75, 3.05) is 18.5 Å². The second-order valence-electron chi connectivity index (χ2n) is 6.99. The average Bonchev–Trinajstić information content (AvgIpc) is 2.70. The normalized spacial score (nSPS) is 16.6. The SMILES string of the molecule is N=C(N)c1cccc(NC(C(=O)NCC(=O)NC2CCCCC2)C(O)CO)c1. The van der Waals surface area contributed by atoms with E-state index in [1.807, 2.05) is 0 Å². The highest BCUT2D eigenvalue weighted by molar-refractivity contribution is 5.96.